The van der Waals surface area contributed by atoms with Crippen LogP contribution in [0, 0.1) is 0 Å². The summed E-state index contributed by atoms with van der Waals surface area (Å²) in [4.78, 5) is 13.7. The molecule has 0 atom stereocenters. The Labute approximate surface area is 94.6 Å². The lowest BCUT2D eigenvalue weighted by Crippen LogP contribution is -2.46. The van der Waals surface area contributed by atoms with Gasteiger partial charge in [-0.2, -0.15) is 0 Å². The summed E-state index contributed by atoms with van der Waals surface area (Å²) in [5, 5.41) is 8.97. The van der Waals surface area contributed by atoms with Crippen LogP contribution in [0.15, 0.2) is 12.0 Å². The quantitative estimate of drug-likeness (QED) is 0.748. The van der Waals surface area contributed by atoms with Crippen molar-refractivity contribution in [2.75, 3.05) is 26.4 Å². The minimum absolute atomic E-state index is 0.0175. The number of amides is 1. The van der Waals surface area contributed by atoms with E-state index in [-0.39, 0.29) is 24.3 Å². The third-order valence-electron chi connectivity index (χ3n) is 2.98. The molecule has 2 rings (SSSR count). The fourth-order valence-corrected chi connectivity index (χ4v) is 1.88. The molecule has 5 heteroatoms. The van der Waals surface area contributed by atoms with Gasteiger partial charge in [-0.1, -0.05) is 0 Å². The molecule has 1 aliphatic heterocycles. The second-order valence-electron chi connectivity index (χ2n) is 4.01. The van der Waals surface area contributed by atoms with Gasteiger partial charge in [-0.3, -0.25) is 4.79 Å². The molecule has 16 heavy (non-hydrogen) atoms. The molecule has 0 radical (unpaired) electrons. The van der Waals surface area contributed by atoms with Crippen molar-refractivity contribution in [2.45, 2.75) is 25.3 Å². The van der Waals surface area contributed by atoms with Crippen molar-refractivity contribution >= 4 is 5.91 Å². The van der Waals surface area contributed by atoms with Crippen LogP contribution in [0.3, 0.4) is 0 Å². The predicted molar refractivity (Wildman–Crippen MR) is 56.4 cm³/mol. The molecule has 0 aromatic heterocycles. The molecule has 2 aliphatic rings. The van der Waals surface area contributed by atoms with Crippen molar-refractivity contribution in [3.05, 3.63) is 12.0 Å². The first kappa shape index (κ1) is 11.3. The Balaban J connectivity index is 2.00. The molecule has 90 valence electrons. The zero-order valence-corrected chi connectivity index (χ0v) is 9.22. The lowest BCUT2D eigenvalue weighted by atomic mass is 9.91. The molecule has 1 N–H and O–H groups in total. The SMILES string of the molecule is O=C(C1=COCCO1)N(CCO)C1CCC1. The van der Waals surface area contributed by atoms with Crippen LogP contribution in [0.5, 0.6) is 0 Å². The van der Waals surface area contributed by atoms with E-state index in [0.717, 1.165) is 19.3 Å². The zero-order valence-electron chi connectivity index (χ0n) is 9.22. The van der Waals surface area contributed by atoms with Crippen LogP contribution in [0.4, 0.5) is 0 Å². The Kier molecular flexibility index (Phi) is 3.66. The summed E-state index contributed by atoms with van der Waals surface area (Å²) in [7, 11) is 0. The first-order valence-corrected chi connectivity index (χ1v) is 5.69. The number of ether oxygens (including phenoxy) is 2. The minimum atomic E-state index is -0.168. The number of carbonyl (C=O) groups excluding carboxylic acids is 1. The fourth-order valence-electron chi connectivity index (χ4n) is 1.88. The number of nitrogens with zero attached hydrogens (tertiary/aromatic N) is 1. The van der Waals surface area contributed by atoms with Crippen LogP contribution < -0.4 is 0 Å². The summed E-state index contributed by atoms with van der Waals surface area (Å²) in [6.07, 6.45) is 4.55. The molecular formula is C11H17NO4. The smallest absolute Gasteiger partial charge is 0.292 e. The van der Waals surface area contributed by atoms with Gasteiger partial charge in [0.25, 0.3) is 5.91 Å². The van der Waals surface area contributed by atoms with Crippen molar-refractivity contribution in [3.8, 4) is 0 Å². The Morgan fingerprint density at radius 2 is 2.31 bits per heavy atom. The van der Waals surface area contributed by atoms with Gasteiger partial charge in [0.1, 0.15) is 19.5 Å². The van der Waals surface area contributed by atoms with Crippen LogP contribution in [0.1, 0.15) is 19.3 Å². The van der Waals surface area contributed by atoms with E-state index in [2.05, 4.69) is 0 Å². The highest BCUT2D eigenvalue weighted by atomic mass is 16.6. The molecule has 1 saturated carbocycles. The molecule has 0 unspecified atom stereocenters. The molecule has 1 aliphatic carbocycles. The van der Waals surface area contributed by atoms with Crippen molar-refractivity contribution in [1.29, 1.82) is 0 Å². The summed E-state index contributed by atoms with van der Waals surface area (Å²) in [5.74, 6) is 0.0880. The normalized spacial score (nSPS) is 20.2. The van der Waals surface area contributed by atoms with Crippen molar-refractivity contribution in [1.82, 2.24) is 4.90 Å². The second kappa shape index (κ2) is 5.21. The zero-order chi connectivity index (χ0) is 11.4. The summed E-state index contributed by atoms with van der Waals surface area (Å²) in [6.45, 7) is 1.25. The van der Waals surface area contributed by atoms with Gasteiger partial charge in [0.05, 0.1) is 6.61 Å². The third kappa shape index (κ3) is 2.29. The Morgan fingerprint density at radius 1 is 1.50 bits per heavy atom. The number of aliphatic hydroxyl groups excluding tert-OH is 1. The van der Waals surface area contributed by atoms with E-state index >= 15 is 0 Å². The first-order valence-electron chi connectivity index (χ1n) is 5.69. The Bertz CT molecular complexity index is 286. The summed E-state index contributed by atoms with van der Waals surface area (Å²) in [5.41, 5.74) is 0. The van der Waals surface area contributed by atoms with E-state index in [4.69, 9.17) is 14.6 Å². The van der Waals surface area contributed by atoms with E-state index in [9.17, 15) is 4.79 Å². The molecule has 0 aromatic carbocycles. The first-order chi connectivity index (χ1) is 7.83. The summed E-state index contributed by atoms with van der Waals surface area (Å²) >= 11 is 0. The van der Waals surface area contributed by atoms with Crippen molar-refractivity contribution < 1.29 is 19.4 Å². The van der Waals surface area contributed by atoms with E-state index < -0.39 is 0 Å². The van der Waals surface area contributed by atoms with Gasteiger partial charge < -0.3 is 19.5 Å². The molecule has 5 nitrogen and oxygen atoms in total. The lowest BCUT2D eigenvalue weighted by Gasteiger charge is -2.37. The number of rotatable bonds is 4. The van der Waals surface area contributed by atoms with Crippen LogP contribution >= 0.6 is 0 Å². The summed E-state index contributed by atoms with van der Waals surface area (Å²) < 4.78 is 10.3. The summed E-state index contributed by atoms with van der Waals surface area (Å²) in [6, 6.07) is 0.256. The average molecular weight is 227 g/mol. The Hall–Kier alpha value is -1.23. The molecule has 0 bridgehead atoms. The maximum Gasteiger partial charge on any atom is 0.292 e. The maximum atomic E-state index is 12.1. The molecule has 1 fully saturated rings. The van der Waals surface area contributed by atoms with Crippen LogP contribution in [0.25, 0.3) is 0 Å². The molecule has 1 heterocycles. The highest BCUT2D eigenvalue weighted by molar-refractivity contribution is 5.91. The fraction of sp³-hybridized carbons (Fsp3) is 0.727. The molecule has 0 aromatic rings. The highest BCUT2D eigenvalue weighted by Crippen LogP contribution is 2.26. The van der Waals surface area contributed by atoms with Gasteiger partial charge in [-0.25, -0.2) is 0 Å². The van der Waals surface area contributed by atoms with E-state index in [1.54, 1.807) is 4.90 Å². The van der Waals surface area contributed by atoms with Crippen molar-refractivity contribution in [2.24, 2.45) is 0 Å². The van der Waals surface area contributed by atoms with Crippen LogP contribution in [-0.2, 0) is 14.3 Å². The van der Waals surface area contributed by atoms with E-state index in [1.165, 1.54) is 6.26 Å². The topological polar surface area (TPSA) is 59.0 Å². The average Bonchev–Trinajstić information content (AvgIpc) is 2.26. The molecular weight excluding hydrogens is 210 g/mol. The lowest BCUT2D eigenvalue weighted by molar-refractivity contribution is -0.136. The van der Waals surface area contributed by atoms with Gasteiger partial charge in [0.15, 0.2) is 0 Å². The van der Waals surface area contributed by atoms with E-state index in [1.807, 2.05) is 0 Å². The van der Waals surface area contributed by atoms with Crippen LogP contribution in [0.2, 0.25) is 0 Å². The second-order valence-corrected chi connectivity index (χ2v) is 4.01. The van der Waals surface area contributed by atoms with Crippen molar-refractivity contribution in [3.63, 3.8) is 0 Å². The molecule has 1 amide bonds. The monoisotopic (exact) mass is 227 g/mol. The number of aliphatic hydroxyl groups is 1. The van der Waals surface area contributed by atoms with Gasteiger partial charge in [0.2, 0.25) is 5.76 Å². The molecule has 0 saturated heterocycles. The minimum Gasteiger partial charge on any atom is -0.494 e. The third-order valence-corrected chi connectivity index (χ3v) is 2.98. The predicted octanol–water partition coefficient (Wildman–Crippen LogP) is 0.248. The largest absolute Gasteiger partial charge is 0.494 e. The molecule has 0 spiro atoms. The van der Waals surface area contributed by atoms with E-state index in [0.29, 0.717) is 19.8 Å². The van der Waals surface area contributed by atoms with Gasteiger partial charge in [0, 0.05) is 12.6 Å². The number of carbonyl (C=O) groups is 1. The maximum absolute atomic E-state index is 12.1. The van der Waals surface area contributed by atoms with Gasteiger partial charge in [-0.05, 0) is 19.3 Å². The van der Waals surface area contributed by atoms with Gasteiger partial charge >= 0.3 is 0 Å². The highest BCUT2D eigenvalue weighted by Gasteiger charge is 2.31. The number of hydrogen-bond donors (Lipinski definition) is 1. The standard InChI is InChI=1S/C11H17NO4/c13-5-4-12(9-2-1-3-9)11(14)10-8-15-6-7-16-10/h8-9,13H,1-7H2. The van der Waals surface area contributed by atoms with Gasteiger partial charge in [-0.15, -0.1) is 0 Å². The Morgan fingerprint density at radius 3 is 2.81 bits per heavy atom. The van der Waals surface area contributed by atoms with Crippen LogP contribution in [-0.4, -0.2) is 48.3 Å². The number of hydrogen-bond acceptors (Lipinski definition) is 4.